The minimum absolute atomic E-state index is 0.618. The van der Waals surface area contributed by atoms with E-state index in [4.69, 9.17) is 20.8 Å². The van der Waals surface area contributed by atoms with E-state index in [0.717, 1.165) is 28.6 Å². The zero-order valence-corrected chi connectivity index (χ0v) is 14.5. The van der Waals surface area contributed by atoms with Crippen molar-refractivity contribution in [3.05, 3.63) is 71.1 Å². The van der Waals surface area contributed by atoms with Crippen molar-refractivity contribution in [3.8, 4) is 17.2 Å². The number of hydrogen-bond donors (Lipinski definition) is 0. The molecule has 0 aliphatic rings. The van der Waals surface area contributed by atoms with Gasteiger partial charge < -0.3 is 9.15 Å². The van der Waals surface area contributed by atoms with Gasteiger partial charge in [-0.3, -0.25) is 4.90 Å². The summed E-state index contributed by atoms with van der Waals surface area (Å²) in [6.45, 7) is 1.53. The molecule has 2 aromatic carbocycles. The fourth-order valence-corrected chi connectivity index (χ4v) is 2.61. The Morgan fingerprint density at radius 3 is 2.42 bits per heavy atom. The molecule has 4 nitrogen and oxygen atoms in total. The molecule has 0 amide bonds. The van der Waals surface area contributed by atoms with Crippen LogP contribution in [0.5, 0.6) is 5.75 Å². The van der Waals surface area contributed by atoms with Crippen LogP contribution in [0.4, 0.5) is 0 Å². The number of nitrogens with zero attached hydrogens (tertiary/aromatic N) is 2. The van der Waals surface area contributed by atoms with E-state index in [2.05, 4.69) is 16.9 Å². The molecular formula is C19H19ClN2O2. The highest BCUT2D eigenvalue weighted by molar-refractivity contribution is 6.30. The van der Waals surface area contributed by atoms with Gasteiger partial charge >= 0.3 is 0 Å². The van der Waals surface area contributed by atoms with Crippen LogP contribution in [-0.2, 0) is 13.1 Å². The van der Waals surface area contributed by atoms with Crippen molar-refractivity contribution in [1.82, 2.24) is 9.88 Å². The third-order valence-corrected chi connectivity index (χ3v) is 3.94. The lowest BCUT2D eigenvalue weighted by Crippen LogP contribution is -2.17. The number of ether oxygens (including phenoxy) is 1. The van der Waals surface area contributed by atoms with Gasteiger partial charge in [-0.2, -0.15) is 0 Å². The Morgan fingerprint density at radius 1 is 1.04 bits per heavy atom. The molecule has 0 atom stereocenters. The van der Waals surface area contributed by atoms with Gasteiger partial charge in [0.1, 0.15) is 12.0 Å². The zero-order valence-electron chi connectivity index (χ0n) is 13.7. The summed E-state index contributed by atoms with van der Waals surface area (Å²) in [7, 11) is 3.70. The van der Waals surface area contributed by atoms with Gasteiger partial charge in [0, 0.05) is 23.7 Å². The molecule has 1 aromatic heterocycles. The first kappa shape index (κ1) is 16.6. The highest BCUT2D eigenvalue weighted by Crippen LogP contribution is 2.22. The summed E-state index contributed by atoms with van der Waals surface area (Å²) in [6, 6.07) is 15.5. The number of rotatable bonds is 6. The third kappa shape index (κ3) is 4.16. The van der Waals surface area contributed by atoms with Crippen molar-refractivity contribution in [2.24, 2.45) is 0 Å². The van der Waals surface area contributed by atoms with Crippen molar-refractivity contribution >= 4 is 11.6 Å². The van der Waals surface area contributed by atoms with Gasteiger partial charge in [0.25, 0.3) is 0 Å². The Labute approximate surface area is 146 Å². The molecule has 0 radical (unpaired) electrons. The van der Waals surface area contributed by atoms with Crippen LogP contribution < -0.4 is 4.74 Å². The van der Waals surface area contributed by atoms with E-state index in [1.54, 1.807) is 13.4 Å². The van der Waals surface area contributed by atoms with E-state index in [1.165, 1.54) is 5.56 Å². The molecule has 1 heterocycles. The van der Waals surface area contributed by atoms with Gasteiger partial charge in [0.15, 0.2) is 0 Å². The Kier molecular flexibility index (Phi) is 5.18. The van der Waals surface area contributed by atoms with E-state index in [9.17, 15) is 0 Å². The number of aromatic nitrogens is 1. The van der Waals surface area contributed by atoms with Crippen LogP contribution in [0.3, 0.4) is 0 Å². The van der Waals surface area contributed by atoms with E-state index >= 15 is 0 Å². The van der Waals surface area contributed by atoms with Gasteiger partial charge in [0.05, 0.1) is 12.8 Å². The van der Waals surface area contributed by atoms with Crippen LogP contribution in [0.2, 0.25) is 5.02 Å². The summed E-state index contributed by atoms with van der Waals surface area (Å²) >= 11 is 5.91. The van der Waals surface area contributed by atoms with Gasteiger partial charge in [-0.15, -0.1) is 0 Å². The van der Waals surface area contributed by atoms with Crippen molar-refractivity contribution in [1.29, 1.82) is 0 Å². The quantitative estimate of drug-likeness (QED) is 0.654. The number of hydrogen-bond acceptors (Lipinski definition) is 4. The molecule has 0 aliphatic heterocycles. The molecule has 0 saturated heterocycles. The zero-order chi connectivity index (χ0) is 16.9. The van der Waals surface area contributed by atoms with Crippen molar-refractivity contribution < 1.29 is 9.15 Å². The van der Waals surface area contributed by atoms with Gasteiger partial charge in [0.2, 0.25) is 5.89 Å². The largest absolute Gasteiger partial charge is 0.497 e. The molecule has 0 unspecified atom stereocenters. The van der Waals surface area contributed by atoms with Crippen LogP contribution in [0, 0.1) is 0 Å². The number of methoxy groups -OCH3 is 1. The fourth-order valence-electron chi connectivity index (χ4n) is 2.48. The molecule has 24 heavy (non-hydrogen) atoms. The predicted octanol–water partition coefficient (Wildman–Crippen LogP) is 4.64. The van der Waals surface area contributed by atoms with Crippen LogP contribution in [0.25, 0.3) is 11.5 Å². The van der Waals surface area contributed by atoms with Gasteiger partial charge in [-0.1, -0.05) is 23.7 Å². The first-order valence-electron chi connectivity index (χ1n) is 7.66. The standard InChI is InChI=1S/C19H19ClN2O2/c1-22(11-14-3-7-16(20)8-4-14)12-17-13-24-19(21-17)15-5-9-18(23-2)10-6-15/h3-10,13H,11-12H2,1-2H3. The van der Waals surface area contributed by atoms with Gasteiger partial charge in [-0.25, -0.2) is 4.98 Å². The minimum Gasteiger partial charge on any atom is -0.497 e. The van der Waals surface area contributed by atoms with E-state index in [-0.39, 0.29) is 0 Å². The number of benzene rings is 2. The molecule has 0 N–H and O–H groups in total. The maximum atomic E-state index is 5.91. The van der Waals surface area contributed by atoms with Crippen LogP contribution in [0.15, 0.2) is 59.2 Å². The second kappa shape index (κ2) is 7.51. The maximum Gasteiger partial charge on any atom is 0.226 e. The summed E-state index contributed by atoms with van der Waals surface area (Å²) in [5, 5.41) is 0.752. The summed E-state index contributed by atoms with van der Waals surface area (Å²) in [6.07, 6.45) is 1.71. The average molecular weight is 343 g/mol. The van der Waals surface area contributed by atoms with Crippen LogP contribution in [0.1, 0.15) is 11.3 Å². The lowest BCUT2D eigenvalue weighted by molar-refractivity contribution is 0.315. The molecule has 0 spiro atoms. The average Bonchev–Trinajstić information content (AvgIpc) is 3.05. The Balaban J connectivity index is 1.63. The Hall–Kier alpha value is -2.30. The fraction of sp³-hybridized carbons (Fsp3) is 0.211. The number of oxazole rings is 1. The molecule has 3 aromatic rings. The second-order valence-corrected chi connectivity index (χ2v) is 6.11. The SMILES string of the molecule is COc1ccc(-c2nc(CN(C)Cc3ccc(Cl)cc3)co2)cc1. The third-order valence-electron chi connectivity index (χ3n) is 3.69. The highest BCUT2D eigenvalue weighted by atomic mass is 35.5. The Bertz CT molecular complexity index is 782. The lowest BCUT2D eigenvalue weighted by atomic mass is 10.2. The summed E-state index contributed by atoms with van der Waals surface area (Å²) in [4.78, 5) is 6.74. The van der Waals surface area contributed by atoms with Crippen molar-refractivity contribution in [3.63, 3.8) is 0 Å². The molecule has 124 valence electrons. The van der Waals surface area contributed by atoms with Crippen LogP contribution >= 0.6 is 11.6 Å². The van der Waals surface area contributed by atoms with Crippen molar-refractivity contribution in [2.45, 2.75) is 13.1 Å². The first-order chi connectivity index (χ1) is 11.6. The molecule has 0 fully saturated rings. The summed E-state index contributed by atoms with van der Waals surface area (Å²) in [5.74, 6) is 1.43. The smallest absolute Gasteiger partial charge is 0.226 e. The van der Waals surface area contributed by atoms with E-state index < -0.39 is 0 Å². The summed E-state index contributed by atoms with van der Waals surface area (Å²) in [5.41, 5.74) is 3.04. The Morgan fingerprint density at radius 2 is 1.75 bits per heavy atom. The molecule has 3 rings (SSSR count). The summed E-state index contributed by atoms with van der Waals surface area (Å²) < 4.78 is 10.8. The molecule has 0 bridgehead atoms. The normalized spacial score (nSPS) is 11.0. The highest BCUT2D eigenvalue weighted by Gasteiger charge is 2.09. The maximum absolute atomic E-state index is 5.91. The topological polar surface area (TPSA) is 38.5 Å². The van der Waals surface area contributed by atoms with Gasteiger partial charge in [-0.05, 0) is 49.0 Å². The second-order valence-electron chi connectivity index (χ2n) is 5.67. The molecule has 0 aliphatic carbocycles. The number of halogens is 1. The first-order valence-corrected chi connectivity index (χ1v) is 8.03. The predicted molar refractivity (Wildman–Crippen MR) is 95.1 cm³/mol. The molecule has 5 heteroatoms. The lowest BCUT2D eigenvalue weighted by Gasteiger charge is -2.14. The monoisotopic (exact) mass is 342 g/mol. The molecular weight excluding hydrogens is 324 g/mol. The van der Waals surface area contributed by atoms with E-state index in [0.29, 0.717) is 12.4 Å². The minimum atomic E-state index is 0.618. The molecule has 0 saturated carbocycles. The van der Waals surface area contributed by atoms with Crippen LogP contribution in [-0.4, -0.2) is 24.0 Å². The van der Waals surface area contributed by atoms with Crippen molar-refractivity contribution in [2.75, 3.05) is 14.2 Å². The van der Waals surface area contributed by atoms with E-state index in [1.807, 2.05) is 48.5 Å².